The van der Waals surface area contributed by atoms with Gasteiger partial charge in [-0.15, -0.1) is 0 Å². The standard InChI is InChI=1S/C16H24O/c1-11(2)8-6-7-9-15-12(3)10-13(4)16(17)14(15)5/h8,10,17H,6-7,9H2,1-5H3. The van der Waals surface area contributed by atoms with E-state index < -0.39 is 0 Å². The lowest BCUT2D eigenvalue weighted by molar-refractivity contribution is 0.465. The van der Waals surface area contributed by atoms with Crippen LogP contribution in [0.4, 0.5) is 0 Å². The van der Waals surface area contributed by atoms with Crippen molar-refractivity contribution >= 4 is 0 Å². The molecule has 0 fully saturated rings. The molecule has 0 aliphatic heterocycles. The third-order valence-electron chi connectivity index (χ3n) is 3.27. The Hall–Kier alpha value is -1.24. The fraction of sp³-hybridized carbons (Fsp3) is 0.500. The number of phenolic OH excluding ortho intramolecular Hbond substituents is 1. The van der Waals surface area contributed by atoms with Crippen molar-refractivity contribution in [3.63, 3.8) is 0 Å². The fourth-order valence-electron chi connectivity index (χ4n) is 2.27. The Morgan fingerprint density at radius 2 is 1.82 bits per heavy atom. The lowest BCUT2D eigenvalue weighted by Crippen LogP contribution is -1.96. The Balaban J connectivity index is 2.78. The minimum absolute atomic E-state index is 0.466. The first-order chi connectivity index (χ1) is 7.93. The lowest BCUT2D eigenvalue weighted by atomic mass is 9.94. The van der Waals surface area contributed by atoms with E-state index in [1.165, 1.54) is 16.7 Å². The number of aromatic hydroxyl groups is 1. The number of hydrogen-bond donors (Lipinski definition) is 1. The van der Waals surface area contributed by atoms with E-state index in [-0.39, 0.29) is 0 Å². The number of rotatable bonds is 4. The highest BCUT2D eigenvalue weighted by atomic mass is 16.3. The van der Waals surface area contributed by atoms with Crippen LogP contribution in [0.1, 0.15) is 48.9 Å². The lowest BCUT2D eigenvalue weighted by Gasteiger charge is -2.13. The zero-order valence-electron chi connectivity index (χ0n) is 11.7. The summed E-state index contributed by atoms with van der Waals surface area (Å²) in [6.07, 6.45) is 5.60. The van der Waals surface area contributed by atoms with Crippen LogP contribution in [-0.2, 0) is 6.42 Å². The van der Waals surface area contributed by atoms with Gasteiger partial charge in [-0.05, 0) is 76.1 Å². The number of unbranched alkanes of at least 4 members (excludes halogenated alkanes) is 1. The van der Waals surface area contributed by atoms with Crippen molar-refractivity contribution in [2.75, 3.05) is 0 Å². The average Bonchev–Trinajstić information content (AvgIpc) is 2.24. The average molecular weight is 232 g/mol. The smallest absolute Gasteiger partial charge is 0.121 e. The molecule has 0 heterocycles. The minimum atomic E-state index is 0.466. The van der Waals surface area contributed by atoms with Crippen molar-refractivity contribution in [3.05, 3.63) is 40.0 Å². The van der Waals surface area contributed by atoms with Crippen LogP contribution in [0, 0.1) is 20.8 Å². The highest BCUT2D eigenvalue weighted by molar-refractivity contribution is 5.48. The fourth-order valence-corrected chi connectivity index (χ4v) is 2.27. The SMILES string of the molecule is CC(C)=CCCCc1c(C)cc(C)c(O)c1C. The summed E-state index contributed by atoms with van der Waals surface area (Å²) in [5.41, 5.74) is 6.03. The molecule has 17 heavy (non-hydrogen) atoms. The van der Waals surface area contributed by atoms with E-state index in [2.05, 4.69) is 32.9 Å². The Bertz CT molecular complexity index is 424. The Kier molecular flexibility index (Phi) is 4.80. The summed E-state index contributed by atoms with van der Waals surface area (Å²) in [5.74, 6) is 0.466. The summed E-state index contributed by atoms with van der Waals surface area (Å²) in [6, 6.07) is 2.08. The highest BCUT2D eigenvalue weighted by Crippen LogP contribution is 2.28. The zero-order chi connectivity index (χ0) is 13.0. The second kappa shape index (κ2) is 5.90. The van der Waals surface area contributed by atoms with Crippen molar-refractivity contribution in [2.24, 2.45) is 0 Å². The third-order valence-corrected chi connectivity index (χ3v) is 3.27. The van der Waals surface area contributed by atoms with E-state index in [9.17, 15) is 5.11 Å². The van der Waals surface area contributed by atoms with E-state index in [4.69, 9.17) is 0 Å². The normalized spacial score (nSPS) is 10.4. The zero-order valence-corrected chi connectivity index (χ0v) is 11.7. The third kappa shape index (κ3) is 3.62. The summed E-state index contributed by atoms with van der Waals surface area (Å²) < 4.78 is 0. The van der Waals surface area contributed by atoms with Crippen molar-refractivity contribution in [3.8, 4) is 5.75 Å². The first-order valence-corrected chi connectivity index (χ1v) is 6.35. The molecule has 0 bridgehead atoms. The van der Waals surface area contributed by atoms with Gasteiger partial charge in [-0.2, -0.15) is 0 Å². The Morgan fingerprint density at radius 1 is 1.18 bits per heavy atom. The van der Waals surface area contributed by atoms with Gasteiger partial charge in [-0.3, -0.25) is 0 Å². The molecule has 1 aromatic rings. The van der Waals surface area contributed by atoms with Gasteiger partial charge in [0.05, 0.1) is 0 Å². The topological polar surface area (TPSA) is 20.2 Å². The van der Waals surface area contributed by atoms with Gasteiger partial charge < -0.3 is 5.11 Å². The van der Waals surface area contributed by atoms with E-state index in [1.807, 2.05) is 13.8 Å². The Morgan fingerprint density at radius 3 is 2.41 bits per heavy atom. The summed E-state index contributed by atoms with van der Waals surface area (Å²) in [7, 11) is 0. The van der Waals surface area contributed by atoms with E-state index >= 15 is 0 Å². The maximum Gasteiger partial charge on any atom is 0.121 e. The Labute approximate surface area is 105 Å². The molecule has 0 spiro atoms. The van der Waals surface area contributed by atoms with E-state index in [0.29, 0.717) is 5.75 Å². The van der Waals surface area contributed by atoms with Crippen molar-refractivity contribution in [1.29, 1.82) is 0 Å². The molecule has 0 unspecified atom stereocenters. The molecule has 94 valence electrons. The molecule has 0 radical (unpaired) electrons. The molecule has 0 aromatic heterocycles. The molecule has 0 saturated heterocycles. The van der Waals surface area contributed by atoms with Crippen molar-refractivity contribution in [1.82, 2.24) is 0 Å². The second-order valence-electron chi connectivity index (χ2n) is 5.14. The quantitative estimate of drug-likeness (QED) is 0.594. The van der Waals surface area contributed by atoms with Crippen LogP contribution in [0.25, 0.3) is 0 Å². The van der Waals surface area contributed by atoms with Gasteiger partial charge in [-0.25, -0.2) is 0 Å². The first kappa shape index (κ1) is 13.8. The predicted molar refractivity (Wildman–Crippen MR) is 74.7 cm³/mol. The molecule has 1 nitrogen and oxygen atoms in total. The summed E-state index contributed by atoms with van der Waals surface area (Å²) >= 11 is 0. The number of benzene rings is 1. The first-order valence-electron chi connectivity index (χ1n) is 6.35. The predicted octanol–water partition coefficient (Wildman–Crippen LogP) is 4.61. The largest absolute Gasteiger partial charge is 0.507 e. The van der Waals surface area contributed by atoms with Gasteiger partial charge >= 0.3 is 0 Å². The summed E-state index contributed by atoms with van der Waals surface area (Å²) in [4.78, 5) is 0. The molecular formula is C16H24O. The number of aryl methyl sites for hydroxylation is 2. The van der Waals surface area contributed by atoms with E-state index in [1.54, 1.807) is 0 Å². The molecule has 0 aliphatic carbocycles. The van der Waals surface area contributed by atoms with Gasteiger partial charge in [-0.1, -0.05) is 17.7 Å². The van der Waals surface area contributed by atoms with Crippen LogP contribution >= 0.6 is 0 Å². The van der Waals surface area contributed by atoms with Gasteiger partial charge in [0.1, 0.15) is 5.75 Å². The summed E-state index contributed by atoms with van der Waals surface area (Å²) in [5, 5.41) is 9.94. The molecular weight excluding hydrogens is 208 g/mol. The van der Waals surface area contributed by atoms with Gasteiger partial charge in [0, 0.05) is 0 Å². The van der Waals surface area contributed by atoms with Crippen LogP contribution in [0.15, 0.2) is 17.7 Å². The van der Waals surface area contributed by atoms with Crippen molar-refractivity contribution in [2.45, 2.75) is 53.9 Å². The van der Waals surface area contributed by atoms with Crippen LogP contribution in [0.2, 0.25) is 0 Å². The maximum atomic E-state index is 9.94. The van der Waals surface area contributed by atoms with Gasteiger partial charge in [0.15, 0.2) is 0 Å². The van der Waals surface area contributed by atoms with Crippen LogP contribution in [0.5, 0.6) is 5.75 Å². The van der Waals surface area contributed by atoms with Crippen LogP contribution < -0.4 is 0 Å². The molecule has 1 heteroatoms. The molecule has 1 rings (SSSR count). The number of hydrogen-bond acceptors (Lipinski definition) is 1. The van der Waals surface area contributed by atoms with Crippen LogP contribution in [-0.4, -0.2) is 5.11 Å². The number of phenols is 1. The van der Waals surface area contributed by atoms with Gasteiger partial charge in [0.2, 0.25) is 0 Å². The van der Waals surface area contributed by atoms with Crippen LogP contribution in [0.3, 0.4) is 0 Å². The van der Waals surface area contributed by atoms with E-state index in [0.717, 1.165) is 30.4 Å². The highest BCUT2D eigenvalue weighted by Gasteiger charge is 2.09. The molecule has 1 N–H and O–H groups in total. The molecule has 0 amide bonds. The van der Waals surface area contributed by atoms with Crippen molar-refractivity contribution < 1.29 is 5.11 Å². The number of allylic oxidation sites excluding steroid dienone is 2. The molecule has 0 atom stereocenters. The molecule has 1 aromatic carbocycles. The monoisotopic (exact) mass is 232 g/mol. The van der Waals surface area contributed by atoms with Gasteiger partial charge in [0.25, 0.3) is 0 Å². The molecule has 0 saturated carbocycles. The maximum absolute atomic E-state index is 9.94. The summed E-state index contributed by atoms with van der Waals surface area (Å²) in [6.45, 7) is 10.4. The minimum Gasteiger partial charge on any atom is -0.507 e. The molecule has 0 aliphatic rings. The second-order valence-corrected chi connectivity index (χ2v) is 5.14.